The van der Waals surface area contributed by atoms with Crippen LogP contribution in [0.25, 0.3) is 16.9 Å². The second kappa shape index (κ2) is 11.9. The Hall–Kier alpha value is -3.48. The number of amides is 2. The van der Waals surface area contributed by atoms with Gasteiger partial charge in [0.05, 0.1) is 17.9 Å². The van der Waals surface area contributed by atoms with E-state index >= 15 is 0 Å². The number of carbonyl (C=O) groups excluding carboxylic acids is 2. The van der Waals surface area contributed by atoms with Crippen molar-refractivity contribution in [3.8, 4) is 16.9 Å². The summed E-state index contributed by atoms with van der Waals surface area (Å²) in [7, 11) is 0. The number of nitrogens with zero attached hydrogens (tertiary/aromatic N) is 3. The van der Waals surface area contributed by atoms with Gasteiger partial charge in [0.1, 0.15) is 11.6 Å². The minimum absolute atomic E-state index is 0.00235. The fourth-order valence-electron chi connectivity index (χ4n) is 3.48. The van der Waals surface area contributed by atoms with Gasteiger partial charge in [-0.25, -0.2) is 9.07 Å². The van der Waals surface area contributed by atoms with Crippen molar-refractivity contribution in [1.82, 2.24) is 14.7 Å². The van der Waals surface area contributed by atoms with Crippen molar-refractivity contribution in [2.45, 2.75) is 46.0 Å². The van der Waals surface area contributed by atoms with Gasteiger partial charge in [0.15, 0.2) is 0 Å². The second-order valence-electron chi connectivity index (χ2n) is 7.99. The summed E-state index contributed by atoms with van der Waals surface area (Å²) in [4.78, 5) is 27.2. The van der Waals surface area contributed by atoms with Gasteiger partial charge in [-0.15, -0.1) is 0 Å². The summed E-state index contributed by atoms with van der Waals surface area (Å²) in [5, 5.41) is 7.54. The first-order valence-electron chi connectivity index (χ1n) is 11.5. The van der Waals surface area contributed by atoms with Crippen LogP contribution in [-0.4, -0.2) is 39.6 Å². The lowest BCUT2D eigenvalue weighted by molar-refractivity contribution is -0.134. The van der Waals surface area contributed by atoms with Crippen LogP contribution in [0.15, 0.2) is 60.7 Å². The first-order chi connectivity index (χ1) is 16.0. The van der Waals surface area contributed by atoms with Crippen molar-refractivity contribution in [1.29, 1.82) is 0 Å². The molecule has 0 spiro atoms. The lowest BCUT2D eigenvalue weighted by Crippen LogP contribution is -2.38. The number of hydrogen-bond acceptors (Lipinski definition) is 3. The summed E-state index contributed by atoms with van der Waals surface area (Å²) in [6, 6.07) is 17.3. The van der Waals surface area contributed by atoms with E-state index < -0.39 is 0 Å². The van der Waals surface area contributed by atoms with E-state index in [-0.39, 0.29) is 24.2 Å². The van der Waals surface area contributed by atoms with Crippen LogP contribution in [0.4, 0.5) is 10.2 Å². The van der Waals surface area contributed by atoms with Crippen molar-refractivity contribution in [3.05, 3.63) is 66.5 Å². The molecule has 0 fully saturated rings. The molecule has 0 radical (unpaired) electrons. The number of halogens is 1. The monoisotopic (exact) mass is 450 g/mol. The lowest BCUT2D eigenvalue weighted by atomic mass is 10.1. The first-order valence-corrected chi connectivity index (χ1v) is 11.5. The number of aromatic nitrogens is 2. The van der Waals surface area contributed by atoms with Crippen LogP contribution in [0.1, 0.15) is 46.0 Å². The zero-order valence-electron chi connectivity index (χ0n) is 19.3. The molecule has 1 aromatic heterocycles. The summed E-state index contributed by atoms with van der Waals surface area (Å²) >= 11 is 0. The average molecular weight is 451 g/mol. The van der Waals surface area contributed by atoms with Crippen LogP contribution in [-0.2, 0) is 9.59 Å². The van der Waals surface area contributed by atoms with Crippen molar-refractivity contribution in [3.63, 3.8) is 0 Å². The Kier molecular flexibility index (Phi) is 8.75. The van der Waals surface area contributed by atoms with E-state index in [1.165, 1.54) is 12.1 Å². The summed E-state index contributed by atoms with van der Waals surface area (Å²) in [6.07, 6.45) is 3.96. The fraction of sp³-hybridized carbons (Fsp3) is 0.346. The Morgan fingerprint density at radius 2 is 1.70 bits per heavy atom. The van der Waals surface area contributed by atoms with Gasteiger partial charge in [0.2, 0.25) is 11.8 Å². The maximum atomic E-state index is 13.5. The van der Waals surface area contributed by atoms with Crippen LogP contribution in [0.3, 0.4) is 0 Å². The highest BCUT2D eigenvalue weighted by molar-refractivity contribution is 5.94. The van der Waals surface area contributed by atoms with Crippen molar-refractivity contribution < 1.29 is 14.0 Å². The smallest absolute Gasteiger partial charge is 0.245 e. The van der Waals surface area contributed by atoms with Crippen molar-refractivity contribution >= 4 is 17.6 Å². The number of rotatable bonds is 11. The van der Waals surface area contributed by atoms with E-state index in [0.717, 1.165) is 31.2 Å². The molecule has 33 heavy (non-hydrogen) atoms. The topological polar surface area (TPSA) is 67.2 Å². The third kappa shape index (κ3) is 6.75. The highest BCUT2D eigenvalue weighted by Gasteiger charge is 2.19. The third-order valence-corrected chi connectivity index (χ3v) is 5.33. The molecule has 0 unspecified atom stereocenters. The Bertz CT molecular complexity index is 1050. The summed E-state index contributed by atoms with van der Waals surface area (Å²) in [5.74, 6) is -0.185. The van der Waals surface area contributed by atoms with Gasteiger partial charge in [0.25, 0.3) is 0 Å². The Balaban J connectivity index is 1.84. The molecule has 0 aliphatic carbocycles. The maximum absolute atomic E-state index is 13.5. The Morgan fingerprint density at radius 3 is 2.36 bits per heavy atom. The number of anilines is 1. The molecule has 0 atom stereocenters. The summed E-state index contributed by atoms with van der Waals surface area (Å²) in [5.41, 5.74) is 2.20. The average Bonchev–Trinajstić information content (AvgIpc) is 3.24. The minimum atomic E-state index is -0.350. The van der Waals surface area contributed by atoms with Gasteiger partial charge in [0, 0.05) is 24.6 Å². The van der Waals surface area contributed by atoms with E-state index in [4.69, 9.17) is 0 Å². The standard InChI is InChI=1S/C26H31FN4O2/c1-3-5-12-26(33)30(17-6-4-2)19-25(32)28-24-18-23(20-10-8-7-9-11-20)29-31(24)22-15-13-21(27)14-16-22/h7-11,13-16,18H,3-6,12,17,19H2,1-2H3,(H,28,32). The molecule has 2 aromatic carbocycles. The van der Waals surface area contributed by atoms with Gasteiger partial charge >= 0.3 is 0 Å². The third-order valence-electron chi connectivity index (χ3n) is 5.33. The SMILES string of the molecule is CCCCC(=O)N(CCCC)CC(=O)Nc1cc(-c2ccccc2)nn1-c1ccc(F)cc1. The molecule has 1 N–H and O–H groups in total. The number of benzene rings is 2. The molecule has 0 saturated carbocycles. The number of nitrogens with one attached hydrogen (secondary N) is 1. The largest absolute Gasteiger partial charge is 0.333 e. The number of unbranched alkanes of at least 4 members (excludes halogenated alkanes) is 2. The first kappa shape index (κ1) is 24.2. The van der Waals surface area contributed by atoms with Gasteiger partial charge in [-0.2, -0.15) is 5.10 Å². The molecule has 1 heterocycles. The zero-order chi connectivity index (χ0) is 23.6. The van der Waals surface area contributed by atoms with Gasteiger partial charge in [-0.05, 0) is 37.1 Å². The zero-order valence-corrected chi connectivity index (χ0v) is 19.3. The van der Waals surface area contributed by atoms with Crippen molar-refractivity contribution in [2.75, 3.05) is 18.4 Å². The molecule has 7 heteroatoms. The molecule has 2 amide bonds. The van der Waals surface area contributed by atoms with Crippen LogP contribution in [0.5, 0.6) is 0 Å². The summed E-state index contributed by atoms with van der Waals surface area (Å²) < 4.78 is 15.0. The summed E-state index contributed by atoms with van der Waals surface area (Å²) in [6.45, 7) is 4.63. The molecular formula is C26H31FN4O2. The highest BCUT2D eigenvalue weighted by atomic mass is 19.1. The predicted octanol–water partition coefficient (Wildman–Crippen LogP) is 5.44. The molecule has 3 rings (SSSR count). The molecule has 0 aliphatic heterocycles. The molecule has 3 aromatic rings. The molecule has 0 bridgehead atoms. The minimum Gasteiger partial charge on any atom is -0.333 e. The quantitative estimate of drug-likeness (QED) is 0.423. The normalized spacial score (nSPS) is 10.8. The number of hydrogen-bond donors (Lipinski definition) is 1. The molecule has 0 aliphatic rings. The molecule has 0 saturated heterocycles. The van der Waals surface area contributed by atoms with Crippen molar-refractivity contribution in [2.24, 2.45) is 0 Å². The Morgan fingerprint density at radius 1 is 1.00 bits per heavy atom. The Labute approximate surface area is 194 Å². The van der Waals surface area contributed by atoms with E-state index in [2.05, 4.69) is 17.3 Å². The van der Waals surface area contributed by atoms with Gasteiger partial charge in [-0.3, -0.25) is 9.59 Å². The van der Waals surface area contributed by atoms with E-state index in [1.54, 1.807) is 27.8 Å². The molecular weight excluding hydrogens is 419 g/mol. The van der Waals surface area contributed by atoms with E-state index in [0.29, 0.717) is 30.2 Å². The van der Waals surface area contributed by atoms with E-state index in [9.17, 15) is 14.0 Å². The van der Waals surface area contributed by atoms with Crippen LogP contribution in [0, 0.1) is 5.82 Å². The van der Waals surface area contributed by atoms with Crippen LogP contribution >= 0.6 is 0 Å². The predicted molar refractivity (Wildman–Crippen MR) is 129 cm³/mol. The van der Waals surface area contributed by atoms with Crippen LogP contribution < -0.4 is 5.32 Å². The van der Waals surface area contributed by atoms with E-state index in [1.807, 2.05) is 37.3 Å². The van der Waals surface area contributed by atoms with Gasteiger partial charge < -0.3 is 10.2 Å². The van der Waals surface area contributed by atoms with Crippen LogP contribution in [0.2, 0.25) is 0 Å². The maximum Gasteiger partial charge on any atom is 0.245 e. The molecule has 174 valence electrons. The second-order valence-corrected chi connectivity index (χ2v) is 7.99. The highest BCUT2D eigenvalue weighted by Crippen LogP contribution is 2.25. The fourth-order valence-corrected chi connectivity index (χ4v) is 3.48. The lowest BCUT2D eigenvalue weighted by Gasteiger charge is -2.22. The van der Waals surface area contributed by atoms with Gasteiger partial charge in [-0.1, -0.05) is 57.0 Å². The number of carbonyl (C=O) groups is 2. The molecule has 6 nitrogen and oxygen atoms in total.